The average molecular weight is 391 g/mol. The van der Waals surface area contributed by atoms with E-state index in [0.717, 1.165) is 23.3 Å². The zero-order valence-corrected chi connectivity index (χ0v) is 17.0. The summed E-state index contributed by atoms with van der Waals surface area (Å²) in [5.41, 5.74) is 1.46. The Kier molecular flexibility index (Phi) is 6.60. The molecule has 2 nitrogen and oxygen atoms in total. The molecular weight excluding hydrogens is 363 g/mol. The molecule has 2 rings (SSSR count). The predicted octanol–water partition coefficient (Wildman–Crippen LogP) is 7.32. The second kappa shape index (κ2) is 8.39. The molecule has 28 heavy (non-hydrogen) atoms. The quantitative estimate of drug-likeness (QED) is 0.478. The van der Waals surface area contributed by atoms with Gasteiger partial charge >= 0.3 is 6.18 Å². The third kappa shape index (κ3) is 5.38. The third-order valence-electron chi connectivity index (χ3n) is 4.53. The van der Waals surface area contributed by atoms with Gasteiger partial charge in [0, 0.05) is 5.70 Å². The summed E-state index contributed by atoms with van der Waals surface area (Å²) in [6.45, 7) is 13.9. The molecule has 0 aliphatic rings. The first-order chi connectivity index (χ1) is 12.9. The van der Waals surface area contributed by atoms with Crippen LogP contribution in [0.3, 0.4) is 0 Å². The van der Waals surface area contributed by atoms with Crippen LogP contribution in [0.15, 0.2) is 66.9 Å². The van der Waals surface area contributed by atoms with Crippen molar-refractivity contribution >= 4 is 0 Å². The molecule has 0 bridgehead atoms. The predicted molar refractivity (Wildman–Crippen MR) is 106 cm³/mol. The normalized spacial score (nSPS) is 14.4. The number of alkyl halides is 3. The maximum absolute atomic E-state index is 13.0. The molecule has 2 aromatic carbocycles. The maximum atomic E-state index is 13.0. The van der Waals surface area contributed by atoms with Gasteiger partial charge < -0.3 is 0 Å². The van der Waals surface area contributed by atoms with Crippen LogP contribution in [0.4, 0.5) is 13.2 Å². The first kappa shape index (κ1) is 22.0. The number of nitrogens with zero attached hydrogens (tertiary/aromatic N) is 1. The summed E-state index contributed by atoms with van der Waals surface area (Å²) in [4.78, 5) is 6.25. The van der Waals surface area contributed by atoms with Gasteiger partial charge in [-0.3, -0.25) is 9.90 Å². The van der Waals surface area contributed by atoms with Crippen LogP contribution in [0, 0.1) is 5.41 Å². The Morgan fingerprint density at radius 3 is 1.89 bits per heavy atom. The van der Waals surface area contributed by atoms with E-state index >= 15 is 0 Å². The van der Waals surface area contributed by atoms with Gasteiger partial charge in [0.2, 0.25) is 0 Å². The van der Waals surface area contributed by atoms with Crippen molar-refractivity contribution in [1.82, 2.24) is 5.06 Å². The number of hydrogen-bond acceptors (Lipinski definition) is 2. The highest BCUT2D eigenvalue weighted by molar-refractivity contribution is 5.28. The van der Waals surface area contributed by atoms with E-state index in [2.05, 4.69) is 6.58 Å². The molecule has 0 aliphatic carbocycles. The highest BCUT2D eigenvalue weighted by Crippen LogP contribution is 2.42. The van der Waals surface area contributed by atoms with Gasteiger partial charge in [-0.1, -0.05) is 69.8 Å². The zero-order valence-electron chi connectivity index (χ0n) is 17.0. The van der Waals surface area contributed by atoms with E-state index in [1.807, 2.05) is 65.0 Å². The van der Waals surface area contributed by atoms with Gasteiger partial charge in [-0.15, -0.1) is 0 Å². The van der Waals surface area contributed by atoms with Gasteiger partial charge in [0.05, 0.1) is 11.6 Å². The van der Waals surface area contributed by atoms with Crippen molar-refractivity contribution in [3.8, 4) is 0 Å². The summed E-state index contributed by atoms with van der Waals surface area (Å²) in [6, 6.07) is 14.7. The molecular formula is C23H28F3NO. The van der Waals surface area contributed by atoms with Crippen molar-refractivity contribution in [2.75, 3.05) is 0 Å². The fourth-order valence-electron chi connectivity index (χ4n) is 3.17. The van der Waals surface area contributed by atoms with Crippen molar-refractivity contribution < 1.29 is 18.0 Å². The Hall–Kier alpha value is -2.27. The second-order valence-electron chi connectivity index (χ2n) is 8.11. The molecule has 0 amide bonds. The van der Waals surface area contributed by atoms with Crippen LogP contribution in [-0.4, -0.2) is 5.06 Å². The minimum Gasteiger partial charge on any atom is -0.265 e. The molecule has 2 aromatic rings. The second-order valence-corrected chi connectivity index (χ2v) is 8.11. The molecule has 0 heterocycles. The first-order valence-corrected chi connectivity index (χ1v) is 9.25. The Bertz CT molecular complexity index is 776. The molecule has 0 spiro atoms. The Balaban J connectivity index is 2.39. The van der Waals surface area contributed by atoms with Crippen molar-refractivity contribution in [2.45, 2.75) is 52.9 Å². The van der Waals surface area contributed by atoms with Crippen molar-refractivity contribution in [2.24, 2.45) is 5.41 Å². The van der Waals surface area contributed by atoms with Gasteiger partial charge in [-0.2, -0.15) is 13.2 Å². The lowest BCUT2D eigenvalue weighted by Crippen LogP contribution is -2.36. The average Bonchev–Trinajstić information content (AvgIpc) is 2.60. The summed E-state index contributed by atoms with van der Waals surface area (Å²) in [5.74, 6) is 0. The van der Waals surface area contributed by atoms with Gasteiger partial charge in [0.15, 0.2) is 0 Å². The Labute approximate surface area is 165 Å². The molecule has 0 aromatic heterocycles. The highest BCUT2D eigenvalue weighted by atomic mass is 19.4. The van der Waals surface area contributed by atoms with Crippen LogP contribution in [0.5, 0.6) is 0 Å². The number of allylic oxidation sites excluding steroid dienone is 1. The summed E-state index contributed by atoms with van der Waals surface area (Å²) in [6.07, 6.45) is -4.60. The third-order valence-corrected chi connectivity index (χ3v) is 4.53. The number of halogens is 3. The van der Waals surface area contributed by atoms with Gasteiger partial charge in [-0.25, -0.2) is 0 Å². The molecule has 0 saturated carbocycles. The molecule has 2 unspecified atom stereocenters. The van der Waals surface area contributed by atoms with E-state index in [9.17, 15) is 13.2 Å². The van der Waals surface area contributed by atoms with Crippen LogP contribution >= 0.6 is 0 Å². The fraction of sp³-hybridized carbons (Fsp3) is 0.391. The topological polar surface area (TPSA) is 12.5 Å². The molecule has 0 radical (unpaired) electrons. The van der Waals surface area contributed by atoms with Crippen LogP contribution < -0.4 is 0 Å². The van der Waals surface area contributed by atoms with Crippen molar-refractivity contribution in [3.05, 3.63) is 83.6 Å². The van der Waals surface area contributed by atoms with Gasteiger partial charge in [0.1, 0.15) is 6.10 Å². The van der Waals surface area contributed by atoms with E-state index in [4.69, 9.17) is 4.84 Å². The van der Waals surface area contributed by atoms with Crippen LogP contribution in [0.25, 0.3) is 0 Å². The van der Waals surface area contributed by atoms with E-state index in [1.165, 1.54) is 12.1 Å². The lowest BCUT2D eigenvalue weighted by atomic mass is 9.81. The van der Waals surface area contributed by atoms with E-state index < -0.39 is 11.7 Å². The summed E-state index contributed by atoms with van der Waals surface area (Å²) in [5, 5.41) is 1.72. The first-order valence-electron chi connectivity index (χ1n) is 9.25. The Morgan fingerprint density at radius 2 is 1.46 bits per heavy atom. The van der Waals surface area contributed by atoms with Crippen LogP contribution in [0.2, 0.25) is 0 Å². The number of benzene rings is 2. The van der Waals surface area contributed by atoms with Gasteiger partial charge in [0.25, 0.3) is 0 Å². The number of hydroxylamine groups is 2. The lowest BCUT2D eigenvalue weighted by molar-refractivity contribution is -0.214. The zero-order chi connectivity index (χ0) is 21.1. The minimum absolute atomic E-state index is 0.239. The molecule has 2 atom stereocenters. The smallest absolute Gasteiger partial charge is 0.265 e. The van der Waals surface area contributed by atoms with E-state index in [-0.39, 0.29) is 17.6 Å². The molecule has 0 saturated heterocycles. The monoisotopic (exact) mass is 391 g/mol. The molecule has 0 fully saturated rings. The fourth-order valence-corrected chi connectivity index (χ4v) is 3.17. The van der Waals surface area contributed by atoms with E-state index in [0.29, 0.717) is 5.70 Å². The largest absolute Gasteiger partial charge is 0.416 e. The maximum Gasteiger partial charge on any atom is 0.416 e. The van der Waals surface area contributed by atoms with Crippen LogP contribution in [0.1, 0.15) is 63.5 Å². The van der Waals surface area contributed by atoms with Crippen LogP contribution in [-0.2, 0) is 11.0 Å². The summed E-state index contributed by atoms with van der Waals surface area (Å²) < 4.78 is 38.9. The minimum atomic E-state index is -4.36. The van der Waals surface area contributed by atoms with Crippen molar-refractivity contribution in [3.63, 3.8) is 0 Å². The standard InChI is InChI=1S/C23H28F3NO/c1-16(2)27(28-17(3)18-10-8-7-9-11-18)21(22(4,5)6)19-12-14-20(15-13-19)23(24,25)26/h7-15,17,21H,1H2,2-6H3. The molecule has 152 valence electrons. The Morgan fingerprint density at radius 1 is 0.929 bits per heavy atom. The van der Waals surface area contributed by atoms with Crippen molar-refractivity contribution in [1.29, 1.82) is 0 Å². The molecule has 0 N–H and O–H groups in total. The summed E-state index contributed by atoms with van der Waals surface area (Å²) >= 11 is 0. The highest BCUT2D eigenvalue weighted by Gasteiger charge is 2.35. The van der Waals surface area contributed by atoms with Gasteiger partial charge in [-0.05, 0) is 42.5 Å². The molecule has 0 aliphatic heterocycles. The number of rotatable bonds is 6. The summed E-state index contributed by atoms with van der Waals surface area (Å²) in [7, 11) is 0. The van der Waals surface area contributed by atoms with E-state index in [1.54, 1.807) is 5.06 Å². The lowest BCUT2D eigenvalue weighted by Gasteiger charge is -2.42. The number of hydrogen-bond donors (Lipinski definition) is 0. The molecule has 5 heteroatoms. The SMILES string of the molecule is C=C(C)N(OC(C)c1ccccc1)C(c1ccc(C(F)(F)F)cc1)C(C)(C)C.